The first-order chi connectivity index (χ1) is 16.8. The zero-order valence-electron chi connectivity index (χ0n) is 18.0. The smallest absolute Gasteiger partial charge is 0.293 e. The summed E-state index contributed by atoms with van der Waals surface area (Å²) in [5, 5.41) is 2.16. The van der Waals surface area contributed by atoms with Gasteiger partial charge in [0, 0.05) is 0 Å². The lowest BCUT2D eigenvalue weighted by Crippen LogP contribution is -2.27. The van der Waals surface area contributed by atoms with Crippen molar-refractivity contribution in [3.05, 3.63) is 99.4 Å². The van der Waals surface area contributed by atoms with Crippen LogP contribution in [0.25, 0.3) is 6.08 Å². The number of imide groups is 1. The molecule has 178 valence electrons. The van der Waals surface area contributed by atoms with Gasteiger partial charge in [-0.05, 0) is 65.4 Å². The van der Waals surface area contributed by atoms with Crippen molar-refractivity contribution in [1.29, 1.82) is 0 Å². The maximum atomic E-state index is 13.6. The average Bonchev–Trinajstić information content (AvgIpc) is 3.08. The molecule has 3 aromatic carbocycles. The lowest BCUT2D eigenvalue weighted by Gasteiger charge is -2.12. The molecular formula is C25H17ClF2N2O4S. The molecule has 0 radical (unpaired) electrons. The van der Waals surface area contributed by atoms with Gasteiger partial charge in [-0.25, -0.2) is 8.78 Å². The predicted octanol–water partition coefficient (Wildman–Crippen LogP) is 5.87. The Hall–Kier alpha value is -3.69. The summed E-state index contributed by atoms with van der Waals surface area (Å²) in [6.45, 7) is -0.361. The summed E-state index contributed by atoms with van der Waals surface area (Å²) < 4.78 is 32.2. The fourth-order valence-corrected chi connectivity index (χ4v) is 4.26. The molecule has 3 aromatic rings. The van der Waals surface area contributed by atoms with Crippen LogP contribution in [0.15, 0.2) is 71.6 Å². The van der Waals surface area contributed by atoms with Crippen molar-refractivity contribution < 1.29 is 27.9 Å². The molecule has 1 N–H and O–H groups in total. The quantitative estimate of drug-likeness (QED) is 0.399. The summed E-state index contributed by atoms with van der Waals surface area (Å²) in [4.78, 5) is 38.4. The number of anilines is 1. The largest absolute Gasteiger partial charge is 0.482 e. The van der Waals surface area contributed by atoms with Crippen LogP contribution in [0.2, 0.25) is 5.02 Å². The van der Waals surface area contributed by atoms with Crippen molar-refractivity contribution in [2.24, 2.45) is 0 Å². The van der Waals surface area contributed by atoms with Gasteiger partial charge < -0.3 is 10.1 Å². The van der Waals surface area contributed by atoms with E-state index < -0.39 is 35.3 Å². The summed E-state index contributed by atoms with van der Waals surface area (Å²) in [5.41, 5.74) is 1.21. The van der Waals surface area contributed by atoms with Crippen LogP contribution in [0.4, 0.5) is 19.3 Å². The van der Waals surface area contributed by atoms with Crippen LogP contribution in [0, 0.1) is 11.6 Å². The van der Waals surface area contributed by atoms with Crippen LogP contribution >= 0.6 is 23.4 Å². The van der Waals surface area contributed by atoms with Gasteiger partial charge >= 0.3 is 0 Å². The topological polar surface area (TPSA) is 75.7 Å². The lowest BCUT2D eigenvalue weighted by atomic mass is 10.2. The van der Waals surface area contributed by atoms with E-state index in [-0.39, 0.29) is 27.9 Å². The van der Waals surface area contributed by atoms with Gasteiger partial charge in [-0.2, -0.15) is 0 Å². The summed E-state index contributed by atoms with van der Waals surface area (Å²) in [5.74, 6) is -1.78. The van der Waals surface area contributed by atoms with Gasteiger partial charge in [0.25, 0.3) is 17.1 Å². The number of halogens is 3. The van der Waals surface area contributed by atoms with E-state index in [1.807, 2.05) is 0 Å². The second kappa shape index (κ2) is 10.7. The van der Waals surface area contributed by atoms with Crippen molar-refractivity contribution in [2.75, 3.05) is 11.9 Å². The lowest BCUT2D eigenvalue weighted by molar-refractivity contribution is -0.123. The molecule has 0 saturated carbocycles. The third-order valence-corrected chi connectivity index (χ3v) is 6.09. The summed E-state index contributed by atoms with van der Waals surface area (Å²) in [6.07, 6.45) is 1.52. The van der Waals surface area contributed by atoms with Crippen molar-refractivity contribution in [3.8, 4) is 5.75 Å². The molecule has 0 aromatic heterocycles. The molecule has 0 atom stereocenters. The van der Waals surface area contributed by atoms with E-state index >= 15 is 0 Å². The Morgan fingerprint density at radius 1 is 1.06 bits per heavy atom. The molecule has 0 bridgehead atoms. The van der Waals surface area contributed by atoms with Crippen molar-refractivity contribution in [1.82, 2.24) is 4.90 Å². The molecule has 1 saturated heterocycles. The van der Waals surface area contributed by atoms with E-state index in [0.717, 1.165) is 16.7 Å². The van der Waals surface area contributed by atoms with Gasteiger partial charge in [-0.3, -0.25) is 19.3 Å². The van der Waals surface area contributed by atoms with Crippen molar-refractivity contribution >= 4 is 52.2 Å². The monoisotopic (exact) mass is 514 g/mol. The molecule has 1 fully saturated rings. The Morgan fingerprint density at radius 2 is 1.80 bits per heavy atom. The molecule has 6 nitrogen and oxygen atoms in total. The molecule has 35 heavy (non-hydrogen) atoms. The minimum absolute atomic E-state index is 0.0325. The Morgan fingerprint density at radius 3 is 2.51 bits per heavy atom. The number of amides is 3. The van der Waals surface area contributed by atoms with Gasteiger partial charge in [0.1, 0.15) is 17.4 Å². The fourth-order valence-electron chi connectivity index (χ4n) is 3.18. The maximum absolute atomic E-state index is 13.6. The SMILES string of the molecule is O=C(COc1ccc(/C=C2\SC(=O)N(Cc3ccc(F)cc3)C2=O)cc1Cl)Nc1ccccc1F. The van der Waals surface area contributed by atoms with Gasteiger partial charge in [0.15, 0.2) is 6.61 Å². The number of carbonyl (C=O) groups excluding carboxylic acids is 3. The summed E-state index contributed by atoms with van der Waals surface area (Å²) >= 11 is 7.04. The number of nitrogens with zero attached hydrogens (tertiary/aromatic N) is 1. The van der Waals surface area contributed by atoms with E-state index in [1.54, 1.807) is 12.1 Å². The van der Waals surface area contributed by atoms with E-state index in [4.69, 9.17) is 16.3 Å². The van der Waals surface area contributed by atoms with Crippen LogP contribution in [0.3, 0.4) is 0 Å². The molecule has 1 heterocycles. The highest BCUT2D eigenvalue weighted by Crippen LogP contribution is 2.34. The summed E-state index contributed by atoms with van der Waals surface area (Å²) in [7, 11) is 0. The molecule has 4 rings (SSSR count). The Kier molecular flexibility index (Phi) is 7.48. The number of para-hydroxylation sites is 1. The van der Waals surface area contributed by atoms with Crippen molar-refractivity contribution in [2.45, 2.75) is 6.54 Å². The third-order valence-electron chi connectivity index (χ3n) is 4.89. The van der Waals surface area contributed by atoms with Crippen LogP contribution < -0.4 is 10.1 Å². The molecular weight excluding hydrogens is 498 g/mol. The summed E-state index contributed by atoms with van der Waals surface area (Å²) in [6, 6.07) is 16.0. The molecule has 0 spiro atoms. The molecule has 1 aliphatic heterocycles. The number of benzene rings is 3. The van der Waals surface area contributed by atoms with E-state index in [1.165, 1.54) is 60.7 Å². The average molecular weight is 515 g/mol. The molecule has 3 amide bonds. The first-order valence-corrected chi connectivity index (χ1v) is 11.5. The second-order valence-corrected chi connectivity index (χ2v) is 8.80. The Bertz CT molecular complexity index is 1330. The molecule has 1 aliphatic rings. The maximum Gasteiger partial charge on any atom is 0.293 e. The number of rotatable bonds is 7. The highest BCUT2D eigenvalue weighted by molar-refractivity contribution is 8.18. The Labute approximate surface area is 208 Å². The number of hydrogen-bond acceptors (Lipinski definition) is 5. The van der Waals surface area contributed by atoms with E-state index in [0.29, 0.717) is 11.1 Å². The standard InChI is InChI=1S/C25H17ClF2N2O4S/c26-18-11-16(7-10-21(18)34-14-23(31)29-20-4-2-1-3-19(20)28)12-22-24(32)30(25(33)35-22)13-15-5-8-17(27)9-6-15/h1-12H,13-14H2,(H,29,31)/b22-12-. The second-order valence-electron chi connectivity index (χ2n) is 7.40. The van der Waals surface area contributed by atoms with E-state index in [9.17, 15) is 23.2 Å². The molecule has 0 unspecified atom stereocenters. The number of hydrogen-bond donors (Lipinski definition) is 1. The zero-order chi connectivity index (χ0) is 24.9. The number of ether oxygens (including phenoxy) is 1. The van der Waals surface area contributed by atoms with E-state index in [2.05, 4.69) is 5.32 Å². The number of thioether (sulfide) groups is 1. The molecule has 0 aliphatic carbocycles. The normalized spacial score (nSPS) is 14.5. The van der Waals surface area contributed by atoms with Gasteiger partial charge in [0.05, 0.1) is 22.2 Å². The predicted molar refractivity (Wildman–Crippen MR) is 130 cm³/mol. The minimum Gasteiger partial charge on any atom is -0.482 e. The highest BCUT2D eigenvalue weighted by atomic mass is 35.5. The van der Waals surface area contributed by atoms with Crippen LogP contribution in [-0.4, -0.2) is 28.6 Å². The van der Waals surface area contributed by atoms with Crippen LogP contribution in [-0.2, 0) is 16.1 Å². The zero-order valence-corrected chi connectivity index (χ0v) is 19.5. The third kappa shape index (κ3) is 6.06. The number of carbonyl (C=O) groups is 3. The first kappa shape index (κ1) is 24.4. The Balaban J connectivity index is 1.39. The minimum atomic E-state index is -0.565. The van der Waals surface area contributed by atoms with Gasteiger partial charge in [0.2, 0.25) is 0 Å². The molecule has 10 heteroatoms. The number of nitrogens with one attached hydrogen (secondary N) is 1. The first-order valence-electron chi connectivity index (χ1n) is 10.3. The highest BCUT2D eigenvalue weighted by Gasteiger charge is 2.35. The van der Waals surface area contributed by atoms with Crippen LogP contribution in [0.5, 0.6) is 5.75 Å². The van der Waals surface area contributed by atoms with Crippen molar-refractivity contribution in [3.63, 3.8) is 0 Å². The fraction of sp³-hybridized carbons (Fsp3) is 0.0800. The van der Waals surface area contributed by atoms with Crippen LogP contribution in [0.1, 0.15) is 11.1 Å². The van der Waals surface area contributed by atoms with Gasteiger partial charge in [-0.15, -0.1) is 0 Å². The van der Waals surface area contributed by atoms with Gasteiger partial charge in [-0.1, -0.05) is 41.9 Å².